The summed E-state index contributed by atoms with van der Waals surface area (Å²) in [5, 5.41) is 9.53. The number of hydrogen-bond acceptors (Lipinski definition) is 3. The molecule has 0 radical (unpaired) electrons. The molecule has 1 amide bonds. The van der Waals surface area contributed by atoms with E-state index in [-0.39, 0.29) is 11.8 Å². The zero-order chi connectivity index (χ0) is 17.2. The monoisotopic (exact) mass is 337 g/mol. The molecule has 24 heavy (non-hydrogen) atoms. The van der Waals surface area contributed by atoms with Gasteiger partial charge in [-0.2, -0.15) is 0 Å². The molecule has 1 unspecified atom stereocenters. The predicted octanol–water partition coefficient (Wildman–Crippen LogP) is 1.33. The van der Waals surface area contributed by atoms with E-state index in [0.717, 1.165) is 50.9 Å². The Morgan fingerprint density at radius 2 is 1.92 bits per heavy atom. The third-order valence-electron chi connectivity index (χ3n) is 4.82. The fraction of sp³-hybridized carbons (Fsp3) is 0.889. The molecule has 1 heterocycles. The van der Waals surface area contributed by atoms with Crippen molar-refractivity contribution >= 4 is 11.9 Å². The highest BCUT2D eigenvalue weighted by Crippen LogP contribution is 2.28. The number of nitrogens with zero attached hydrogens (tertiary/aromatic N) is 2. The number of likely N-dealkylation sites (tertiary alicyclic amines) is 1. The van der Waals surface area contributed by atoms with Crippen LogP contribution in [0.1, 0.15) is 52.4 Å². The summed E-state index contributed by atoms with van der Waals surface area (Å²) in [5.41, 5.74) is 0. The second-order valence-corrected chi connectivity index (χ2v) is 6.99. The first-order valence-electron chi connectivity index (χ1n) is 9.74. The van der Waals surface area contributed by atoms with E-state index < -0.39 is 0 Å². The summed E-state index contributed by atoms with van der Waals surface area (Å²) >= 11 is 0. The minimum absolute atomic E-state index is 0.203. The largest absolute Gasteiger partial charge is 0.357 e. The Bertz CT molecular complexity index is 408. The van der Waals surface area contributed by atoms with E-state index in [1.54, 1.807) is 0 Å². The van der Waals surface area contributed by atoms with Crippen LogP contribution in [0.15, 0.2) is 4.99 Å². The highest BCUT2D eigenvalue weighted by molar-refractivity contribution is 5.81. The zero-order valence-electron chi connectivity index (χ0n) is 15.4. The van der Waals surface area contributed by atoms with Crippen LogP contribution in [0.2, 0.25) is 0 Å². The van der Waals surface area contributed by atoms with Gasteiger partial charge < -0.3 is 20.9 Å². The molecular weight excluding hydrogens is 302 g/mol. The summed E-state index contributed by atoms with van der Waals surface area (Å²) in [5.74, 6) is 1.34. The van der Waals surface area contributed by atoms with Crippen molar-refractivity contribution in [3.05, 3.63) is 0 Å². The number of aliphatic imine (C=N–C) groups is 1. The average molecular weight is 338 g/mol. The maximum Gasteiger partial charge on any atom is 0.223 e. The van der Waals surface area contributed by atoms with Gasteiger partial charge in [-0.3, -0.25) is 9.79 Å². The van der Waals surface area contributed by atoms with Gasteiger partial charge >= 0.3 is 0 Å². The van der Waals surface area contributed by atoms with Gasteiger partial charge in [-0.05, 0) is 52.5 Å². The summed E-state index contributed by atoms with van der Waals surface area (Å²) < 4.78 is 0. The molecule has 1 atom stereocenters. The fourth-order valence-corrected chi connectivity index (χ4v) is 3.15. The molecule has 2 aliphatic rings. The molecule has 1 aliphatic heterocycles. The maximum atomic E-state index is 11.6. The number of piperidine rings is 1. The molecule has 0 aromatic carbocycles. The number of carbonyl (C=O) groups excluding carboxylic acids is 1. The Morgan fingerprint density at radius 3 is 2.62 bits per heavy atom. The second kappa shape index (κ2) is 10.5. The van der Waals surface area contributed by atoms with Gasteiger partial charge in [0.15, 0.2) is 5.96 Å². The predicted molar refractivity (Wildman–Crippen MR) is 99.2 cm³/mol. The minimum atomic E-state index is 0.203. The SMILES string of the molecule is CCNC(=NCCCN1CCCCC1C)NCCNC(=O)C1CC1. The Kier molecular flexibility index (Phi) is 8.36. The van der Waals surface area contributed by atoms with Crippen molar-refractivity contribution in [1.29, 1.82) is 0 Å². The first-order chi connectivity index (χ1) is 11.7. The number of carbonyl (C=O) groups is 1. The molecule has 6 nitrogen and oxygen atoms in total. The lowest BCUT2D eigenvalue weighted by Crippen LogP contribution is -2.42. The highest BCUT2D eigenvalue weighted by Gasteiger charge is 2.28. The van der Waals surface area contributed by atoms with Crippen molar-refractivity contribution in [1.82, 2.24) is 20.9 Å². The van der Waals surface area contributed by atoms with Crippen LogP contribution in [0.4, 0.5) is 0 Å². The van der Waals surface area contributed by atoms with Gasteiger partial charge in [0.05, 0.1) is 0 Å². The van der Waals surface area contributed by atoms with E-state index in [1.165, 1.54) is 25.8 Å². The van der Waals surface area contributed by atoms with Crippen molar-refractivity contribution < 1.29 is 4.79 Å². The third-order valence-corrected chi connectivity index (χ3v) is 4.82. The standard InChI is InChI=1S/C18H35N5O/c1-3-19-18(22-12-11-20-17(24)16-8-9-16)21-10-6-14-23-13-5-4-7-15(23)2/h15-16H,3-14H2,1-2H3,(H,20,24)(H2,19,21,22). The van der Waals surface area contributed by atoms with Crippen LogP contribution in [0.5, 0.6) is 0 Å². The first kappa shape index (κ1) is 19.0. The molecule has 0 aromatic heterocycles. The van der Waals surface area contributed by atoms with Gasteiger partial charge in [0.25, 0.3) is 0 Å². The van der Waals surface area contributed by atoms with Crippen LogP contribution in [0, 0.1) is 5.92 Å². The van der Waals surface area contributed by atoms with Gasteiger partial charge in [-0.25, -0.2) is 0 Å². The minimum Gasteiger partial charge on any atom is -0.357 e. The molecule has 0 aromatic rings. The van der Waals surface area contributed by atoms with E-state index in [4.69, 9.17) is 0 Å². The first-order valence-corrected chi connectivity index (χ1v) is 9.74. The van der Waals surface area contributed by atoms with Crippen LogP contribution >= 0.6 is 0 Å². The second-order valence-electron chi connectivity index (χ2n) is 6.99. The van der Waals surface area contributed by atoms with Gasteiger partial charge in [-0.15, -0.1) is 0 Å². The van der Waals surface area contributed by atoms with E-state index in [9.17, 15) is 4.79 Å². The summed E-state index contributed by atoms with van der Waals surface area (Å²) in [6.45, 7) is 9.85. The molecule has 138 valence electrons. The Balaban J connectivity index is 1.59. The fourth-order valence-electron chi connectivity index (χ4n) is 3.15. The lowest BCUT2D eigenvalue weighted by atomic mass is 10.0. The van der Waals surface area contributed by atoms with Crippen LogP contribution in [0.3, 0.4) is 0 Å². The van der Waals surface area contributed by atoms with Crippen molar-refractivity contribution in [2.45, 2.75) is 58.4 Å². The molecule has 1 saturated carbocycles. The molecule has 1 saturated heterocycles. The normalized spacial score (nSPS) is 22.2. The Morgan fingerprint density at radius 1 is 1.12 bits per heavy atom. The third kappa shape index (κ3) is 7.07. The van der Waals surface area contributed by atoms with Gasteiger partial charge in [-0.1, -0.05) is 6.42 Å². The van der Waals surface area contributed by atoms with Crippen molar-refractivity contribution in [3.8, 4) is 0 Å². The van der Waals surface area contributed by atoms with E-state index in [1.807, 2.05) is 0 Å². The van der Waals surface area contributed by atoms with Crippen molar-refractivity contribution in [3.63, 3.8) is 0 Å². The summed E-state index contributed by atoms with van der Waals surface area (Å²) in [6, 6.07) is 0.726. The molecule has 6 heteroatoms. The molecular formula is C18H35N5O. The maximum absolute atomic E-state index is 11.6. The molecule has 0 spiro atoms. The van der Waals surface area contributed by atoms with E-state index in [2.05, 4.69) is 39.7 Å². The Hall–Kier alpha value is -1.30. The van der Waals surface area contributed by atoms with Crippen LogP contribution in [0.25, 0.3) is 0 Å². The van der Waals surface area contributed by atoms with Crippen molar-refractivity contribution in [2.75, 3.05) is 39.3 Å². The topological polar surface area (TPSA) is 68.8 Å². The van der Waals surface area contributed by atoms with E-state index >= 15 is 0 Å². The van der Waals surface area contributed by atoms with Crippen LogP contribution in [-0.4, -0.2) is 62.1 Å². The number of amides is 1. The molecule has 2 fully saturated rings. The van der Waals surface area contributed by atoms with E-state index in [0.29, 0.717) is 13.1 Å². The van der Waals surface area contributed by atoms with Crippen LogP contribution < -0.4 is 16.0 Å². The molecule has 1 aliphatic carbocycles. The van der Waals surface area contributed by atoms with Crippen molar-refractivity contribution in [2.24, 2.45) is 10.9 Å². The van der Waals surface area contributed by atoms with Gasteiger partial charge in [0.1, 0.15) is 0 Å². The quantitative estimate of drug-likeness (QED) is 0.337. The molecule has 0 bridgehead atoms. The van der Waals surface area contributed by atoms with Gasteiger partial charge in [0.2, 0.25) is 5.91 Å². The highest BCUT2D eigenvalue weighted by atomic mass is 16.2. The summed E-state index contributed by atoms with van der Waals surface area (Å²) in [4.78, 5) is 18.8. The number of nitrogens with one attached hydrogen (secondary N) is 3. The number of hydrogen-bond donors (Lipinski definition) is 3. The average Bonchev–Trinajstić information content (AvgIpc) is 3.41. The van der Waals surface area contributed by atoms with Gasteiger partial charge in [0, 0.05) is 44.7 Å². The lowest BCUT2D eigenvalue weighted by molar-refractivity contribution is -0.122. The lowest BCUT2D eigenvalue weighted by Gasteiger charge is -2.33. The Labute approximate surface area is 146 Å². The van der Waals surface area contributed by atoms with Crippen LogP contribution in [-0.2, 0) is 4.79 Å². The molecule has 2 rings (SSSR count). The number of rotatable bonds is 9. The molecule has 3 N–H and O–H groups in total. The number of guanidine groups is 1. The smallest absolute Gasteiger partial charge is 0.223 e. The zero-order valence-corrected chi connectivity index (χ0v) is 15.4. The summed E-state index contributed by atoms with van der Waals surface area (Å²) in [6.07, 6.45) is 7.25. The summed E-state index contributed by atoms with van der Waals surface area (Å²) in [7, 11) is 0.